The Morgan fingerprint density at radius 1 is 1.00 bits per heavy atom. The number of ether oxygens (including phenoxy) is 1. The van der Waals surface area contributed by atoms with Crippen molar-refractivity contribution in [1.82, 2.24) is 5.32 Å². The lowest BCUT2D eigenvalue weighted by Gasteiger charge is -2.15. The molecule has 0 heterocycles. The average Bonchev–Trinajstić information content (AvgIpc) is 3.07. The van der Waals surface area contributed by atoms with E-state index in [0.29, 0.717) is 12.6 Å². The van der Waals surface area contributed by atoms with Crippen molar-refractivity contribution in [3.8, 4) is 5.75 Å². The van der Waals surface area contributed by atoms with Gasteiger partial charge in [0, 0.05) is 23.2 Å². The maximum absolute atomic E-state index is 6.00. The lowest BCUT2D eigenvalue weighted by molar-refractivity contribution is 0.301. The molecular weight excluding hydrogens is 294 g/mol. The lowest BCUT2D eigenvalue weighted by Crippen LogP contribution is -2.25. The number of rotatable bonds is 6. The minimum atomic E-state index is 0.567. The molecule has 0 atom stereocenters. The summed E-state index contributed by atoms with van der Waals surface area (Å²) in [6.45, 7) is 1.44. The molecule has 0 spiro atoms. The Morgan fingerprint density at radius 2 is 1.73 bits per heavy atom. The number of hydrogen-bond donors (Lipinski definition) is 1. The van der Waals surface area contributed by atoms with E-state index in [4.69, 9.17) is 16.3 Å². The molecular formula is C19H22ClNO. The van der Waals surface area contributed by atoms with Crippen LogP contribution in [0.3, 0.4) is 0 Å². The molecule has 2 aromatic rings. The van der Waals surface area contributed by atoms with Gasteiger partial charge in [0.25, 0.3) is 0 Å². The van der Waals surface area contributed by atoms with Crippen molar-refractivity contribution in [2.75, 3.05) is 0 Å². The molecule has 22 heavy (non-hydrogen) atoms. The van der Waals surface area contributed by atoms with Gasteiger partial charge in [-0.3, -0.25) is 0 Å². The molecule has 2 nitrogen and oxygen atoms in total. The van der Waals surface area contributed by atoms with Crippen LogP contribution in [0.2, 0.25) is 5.02 Å². The van der Waals surface area contributed by atoms with Crippen LogP contribution in [0.1, 0.15) is 36.8 Å². The van der Waals surface area contributed by atoms with E-state index in [2.05, 4.69) is 17.4 Å². The van der Waals surface area contributed by atoms with Crippen molar-refractivity contribution in [1.29, 1.82) is 0 Å². The molecule has 1 saturated carbocycles. The topological polar surface area (TPSA) is 21.3 Å². The highest BCUT2D eigenvalue weighted by Gasteiger charge is 2.14. The summed E-state index contributed by atoms with van der Waals surface area (Å²) in [6, 6.07) is 16.7. The Hall–Kier alpha value is -1.51. The van der Waals surface area contributed by atoms with E-state index >= 15 is 0 Å². The highest BCUT2D eigenvalue weighted by molar-refractivity contribution is 6.30. The second kappa shape index (κ2) is 7.66. The molecule has 0 bridgehead atoms. The molecule has 0 amide bonds. The summed E-state index contributed by atoms with van der Waals surface area (Å²) in [7, 11) is 0. The summed E-state index contributed by atoms with van der Waals surface area (Å²) in [5, 5.41) is 4.40. The van der Waals surface area contributed by atoms with E-state index in [1.54, 1.807) is 0 Å². The smallest absolute Gasteiger partial charge is 0.124 e. The van der Waals surface area contributed by atoms with E-state index in [1.165, 1.54) is 31.2 Å². The SMILES string of the molecule is Clc1ccc(COc2ccccc2CNC2CCCC2)cc1. The first kappa shape index (κ1) is 15.4. The van der Waals surface area contributed by atoms with Gasteiger partial charge >= 0.3 is 0 Å². The van der Waals surface area contributed by atoms with Crippen LogP contribution < -0.4 is 10.1 Å². The molecule has 0 aromatic heterocycles. The van der Waals surface area contributed by atoms with Crippen LogP contribution in [-0.4, -0.2) is 6.04 Å². The lowest BCUT2D eigenvalue weighted by atomic mass is 10.1. The predicted molar refractivity (Wildman–Crippen MR) is 91.3 cm³/mol. The van der Waals surface area contributed by atoms with E-state index < -0.39 is 0 Å². The first-order chi connectivity index (χ1) is 10.8. The first-order valence-electron chi connectivity index (χ1n) is 8.00. The number of hydrogen-bond acceptors (Lipinski definition) is 2. The van der Waals surface area contributed by atoms with Crippen LogP contribution >= 0.6 is 11.6 Å². The van der Waals surface area contributed by atoms with Gasteiger partial charge in [-0.2, -0.15) is 0 Å². The molecule has 3 heteroatoms. The van der Waals surface area contributed by atoms with Crippen molar-refractivity contribution in [2.45, 2.75) is 44.9 Å². The zero-order valence-corrected chi connectivity index (χ0v) is 13.5. The van der Waals surface area contributed by atoms with Crippen LogP contribution in [0.4, 0.5) is 0 Å². The van der Waals surface area contributed by atoms with Crippen molar-refractivity contribution in [3.63, 3.8) is 0 Å². The minimum Gasteiger partial charge on any atom is -0.489 e. The molecule has 0 aliphatic heterocycles. The van der Waals surface area contributed by atoms with E-state index in [-0.39, 0.29) is 0 Å². The van der Waals surface area contributed by atoms with Gasteiger partial charge in [0.2, 0.25) is 0 Å². The summed E-state index contributed by atoms with van der Waals surface area (Å²) in [5.41, 5.74) is 2.35. The highest BCUT2D eigenvalue weighted by atomic mass is 35.5. The van der Waals surface area contributed by atoms with Gasteiger partial charge in [-0.15, -0.1) is 0 Å². The Labute approximate surface area is 137 Å². The van der Waals surface area contributed by atoms with E-state index in [0.717, 1.165) is 22.9 Å². The molecule has 1 aliphatic rings. The van der Waals surface area contributed by atoms with Gasteiger partial charge in [0.15, 0.2) is 0 Å². The van der Waals surface area contributed by atoms with Crippen molar-refractivity contribution in [3.05, 3.63) is 64.7 Å². The molecule has 1 fully saturated rings. The molecule has 0 saturated heterocycles. The third kappa shape index (κ3) is 4.25. The van der Waals surface area contributed by atoms with Crippen LogP contribution in [0.15, 0.2) is 48.5 Å². The molecule has 0 radical (unpaired) electrons. The summed E-state index contributed by atoms with van der Waals surface area (Å²) in [5.74, 6) is 0.961. The quantitative estimate of drug-likeness (QED) is 0.814. The fourth-order valence-electron chi connectivity index (χ4n) is 2.92. The monoisotopic (exact) mass is 315 g/mol. The van der Waals surface area contributed by atoms with Crippen LogP contribution in [-0.2, 0) is 13.2 Å². The maximum Gasteiger partial charge on any atom is 0.124 e. The highest BCUT2D eigenvalue weighted by Crippen LogP contribution is 2.22. The Morgan fingerprint density at radius 3 is 2.50 bits per heavy atom. The van der Waals surface area contributed by atoms with Gasteiger partial charge in [0.1, 0.15) is 12.4 Å². The minimum absolute atomic E-state index is 0.567. The first-order valence-corrected chi connectivity index (χ1v) is 8.37. The van der Waals surface area contributed by atoms with Crippen molar-refractivity contribution >= 4 is 11.6 Å². The Bertz CT molecular complexity index is 591. The summed E-state index contributed by atoms with van der Waals surface area (Å²) >= 11 is 5.91. The summed E-state index contributed by atoms with van der Waals surface area (Å²) in [6.07, 6.45) is 5.31. The third-order valence-corrected chi connectivity index (χ3v) is 4.47. The van der Waals surface area contributed by atoms with E-state index in [9.17, 15) is 0 Å². The fourth-order valence-corrected chi connectivity index (χ4v) is 3.04. The van der Waals surface area contributed by atoms with Crippen molar-refractivity contribution < 1.29 is 4.74 Å². The molecule has 1 aliphatic carbocycles. The molecule has 116 valence electrons. The zero-order chi connectivity index (χ0) is 15.2. The second-order valence-corrected chi connectivity index (χ2v) is 6.32. The Kier molecular flexibility index (Phi) is 5.36. The number of para-hydroxylation sites is 1. The molecule has 2 aromatic carbocycles. The van der Waals surface area contributed by atoms with Crippen LogP contribution in [0.5, 0.6) is 5.75 Å². The molecule has 1 N–H and O–H groups in total. The van der Waals surface area contributed by atoms with Crippen LogP contribution in [0.25, 0.3) is 0 Å². The second-order valence-electron chi connectivity index (χ2n) is 5.89. The number of halogens is 1. The third-order valence-electron chi connectivity index (χ3n) is 4.22. The fraction of sp³-hybridized carbons (Fsp3) is 0.368. The van der Waals surface area contributed by atoms with Gasteiger partial charge < -0.3 is 10.1 Å². The molecule has 3 rings (SSSR count). The summed E-state index contributed by atoms with van der Waals surface area (Å²) < 4.78 is 6.00. The zero-order valence-electron chi connectivity index (χ0n) is 12.7. The average molecular weight is 316 g/mol. The van der Waals surface area contributed by atoms with E-state index in [1.807, 2.05) is 36.4 Å². The molecule has 0 unspecified atom stereocenters. The predicted octanol–water partition coefficient (Wildman–Crippen LogP) is 4.95. The normalized spacial score (nSPS) is 15.1. The van der Waals surface area contributed by atoms with Gasteiger partial charge in [-0.05, 0) is 36.6 Å². The van der Waals surface area contributed by atoms with Gasteiger partial charge in [-0.25, -0.2) is 0 Å². The van der Waals surface area contributed by atoms with Crippen molar-refractivity contribution in [2.24, 2.45) is 0 Å². The van der Waals surface area contributed by atoms with Crippen LogP contribution in [0, 0.1) is 0 Å². The van der Waals surface area contributed by atoms with Gasteiger partial charge in [-0.1, -0.05) is 54.8 Å². The largest absolute Gasteiger partial charge is 0.489 e. The summed E-state index contributed by atoms with van der Waals surface area (Å²) in [4.78, 5) is 0. The maximum atomic E-state index is 6.00. The number of nitrogens with one attached hydrogen (secondary N) is 1. The van der Waals surface area contributed by atoms with Gasteiger partial charge in [0.05, 0.1) is 0 Å². The Balaban J connectivity index is 1.59. The standard InChI is InChI=1S/C19H22ClNO/c20-17-11-9-15(10-12-17)14-22-19-8-4-1-5-16(19)13-21-18-6-2-3-7-18/h1,4-5,8-12,18,21H,2-3,6-7,13-14H2. The number of benzene rings is 2.